The van der Waals surface area contributed by atoms with E-state index in [1.807, 2.05) is 6.07 Å². The number of ether oxygens (including phenoxy) is 2. The summed E-state index contributed by atoms with van der Waals surface area (Å²) in [7, 11) is 0. The highest BCUT2D eigenvalue weighted by Gasteiger charge is 2.28. The molecule has 6 heteroatoms. The number of esters is 2. The van der Waals surface area contributed by atoms with Crippen molar-refractivity contribution < 1.29 is 23.9 Å². The number of hydrogen-bond acceptors (Lipinski definition) is 5. The van der Waals surface area contributed by atoms with Crippen molar-refractivity contribution in [2.45, 2.75) is 32.9 Å². The van der Waals surface area contributed by atoms with E-state index in [0.29, 0.717) is 5.56 Å². The van der Waals surface area contributed by atoms with Crippen molar-refractivity contribution in [3.8, 4) is 0 Å². The highest BCUT2D eigenvalue weighted by atomic mass is 16.6. The number of benzene rings is 1. The Hall–Kier alpha value is -2.37. The van der Waals surface area contributed by atoms with Gasteiger partial charge in [-0.1, -0.05) is 30.3 Å². The van der Waals surface area contributed by atoms with Crippen molar-refractivity contribution >= 4 is 17.8 Å². The van der Waals surface area contributed by atoms with Gasteiger partial charge in [-0.3, -0.25) is 14.4 Å². The van der Waals surface area contributed by atoms with Gasteiger partial charge >= 0.3 is 11.9 Å². The minimum absolute atomic E-state index is 0.0816. The third-order valence-electron chi connectivity index (χ3n) is 2.64. The fraction of sp³-hybridized carbons (Fsp3) is 0.400. The maximum Gasteiger partial charge on any atom is 0.303 e. The molecule has 1 rings (SSSR count). The van der Waals surface area contributed by atoms with Crippen LogP contribution in [0.25, 0.3) is 0 Å². The van der Waals surface area contributed by atoms with E-state index >= 15 is 0 Å². The molecule has 1 amide bonds. The van der Waals surface area contributed by atoms with Gasteiger partial charge in [0.1, 0.15) is 12.6 Å². The molecule has 0 aliphatic rings. The molecule has 1 N–H and O–H groups in total. The summed E-state index contributed by atoms with van der Waals surface area (Å²) in [6.45, 7) is 3.82. The van der Waals surface area contributed by atoms with Gasteiger partial charge in [0.05, 0.1) is 0 Å². The van der Waals surface area contributed by atoms with E-state index in [1.54, 1.807) is 24.3 Å². The Morgan fingerprint density at radius 3 is 2.14 bits per heavy atom. The zero-order chi connectivity index (χ0) is 15.8. The van der Waals surface area contributed by atoms with Gasteiger partial charge < -0.3 is 14.8 Å². The lowest BCUT2D eigenvalue weighted by Crippen LogP contribution is -2.43. The predicted octanol–water partition coefficient (Wildman–Crippen LogP) is 1.36. The second-order valence-corrected chi connectivity index (χ2v) is 4.55. The standard InChI is InChI=1S/C15H19NO5/c1-10(17)16-14(9-20-11(2)18)15(21-12(3)19)13-7-5-4-6-8-13/h4-8,14-15H,9H2,1-3H3,(H,16,17)/t14-,15+/m1/s1. The monoisotopic (exact) mass is 293 g/mol. The van der Waals surface area contributed by atoms with Crippen LogP contribution < -0.4 is 5.32 Å². The van der Waals surface area contributed by atoms with Crippen molar-refractivity contribution in [1.82, 2.24) is 5.32 Å². The lowest BCUT2D eigenvalue weighted by atomic mass is 10.0. The molecular weight excluding hydrogens is 274 g/mol. The highest BCUT2D eigenvalue weighted by molar-refractivity contribution is 5.73. The molecule has 0 aromatic heterocycles. The third kappa shape index (κ3) is 6.07. The number of hydrogen-bond donors (Lipinski definition) is 1. The van der Waals surface area contributed by atoms with Crippen LogP contribution in [-0.2, 0) is 23.9 Å². The quantitative estimate of drug-likeness (QED) is 0.801. The van der Waals surface area contributed by atoms with Crippen molar-refractivity contribution in [2.24, 2.45) is 0 Å². The summed E-state index contributed by atoms with van der Waals surface area (Å²) in [5.41, 5.74) is 0.707. The second-order valence-electron chi connectivity index (χ2n) is 4.55. The number of amides is 1. The van der Waals surface area contributed by atoms with Gasteiger partial charge in [0.2, 0.25) is 5.91 Å². The first-order chi connectivity index (χ1) is 9.90. The molecule has 0 saturated heterocycles. The van der Waals surface area contributed by atoms with Crippen molar-refractivity contribution in [3.63, 3.8) is 0 Å². The van der Waals surface area contributed by atoms with Gasteiger partial charge in [0.25, 0.3) is 0 Å². The van der Waals surface area contributed by atoms with Crippen LogP contribution in [0.3, 0.4) is 0 Å². The van der Waals surface area contributed by atoms with E-state index in [1.165, 1.54) is 20.8 Å². The number of nitrogens with one attached hydrogen (secondary N) is 1. The summed E-state index contributed by atoms with van der Waals surface area (Å²) < 4.78 is 10.2. The first-order valence-corrected chi connectivity index (χ1v) is 6.52. The van der Waals surface area contributed by atoms with Crippen LogP contribution in [0.2, 0.25) is 0 Å². The molecule has 0 fully saturated rings. The SMILES string of the molecule is CC(=O)N[C@H](COC(C)=O)[C@@H](OC(C)=O)c1ccccc1. The number of carbonyl (C=O) groups excluding carboxylic acids is 3. The van der Waals surface area contributed by atoms with Crippen molar-refractivity contribution in [2.75, 3.05) is 6.61 Å². The minimum Gasteiger partial charge on any atom is -0.464 e. The first-order valence-electron chi connectivity index (χ1n) is 6.52. The Balaban J connectivity index is 3.00. The minimum atomic E-state index is -0.730. The van der Waals surface area contributed by atoms with Crippen LogP contribution in [0.4, 0.5) is 0 Å². The van der Waals surface area contributed by atoms with E-state index in [4.69, 9.17) is 9.47 Å². The van der Waals surface area contributed by atoms with E-state index in [9.17, 15) is 14.4 Å². The Morgan fingerprint density at radius 2 is 1.67 bits per heavy atom. The molecule has 0 radical (unpaired) electrons. The predicted molar refractivity (Wildman–Crippen MR) is 75.2 cm³/mol. The molecule has 0 aliphatic heterocycles. The zero-order valence-electron chi connectivity index (χ0n) is 12.3. The zero-order valence-corrected chi connectivity index (χ0v) is 12.3. The second kappa shape index (κ2) is 8.04. The highest BCUT2D eigenvalue weighted by Crippen LogP contribution is 2.22. The smallest absolute Gasteiger partial charge is 0.303 e. The van der Waals surface area contributed by atoms with Crippen LogP contribution >= 0.6 is 0 Å². The average molecular weight is 293 g/mol. The van der Waals surface area contributed by atoms with Crippen LogP contribution in [0.15, 0.2) is 30.3 Å². The maximum absolute atomic E-state index is 11.3. The van der Waals surface area contributed by atoms with Crippen LogP contribution in [0, 0.1) is 0 Å². The Morgan fingerprint density at radius 1 is 1.05 bits per heavy atom. The summed E-state index contributed by atoms with van der Waals surface area (Å²) in [6.07, 6.45) is -0.730. The van der Waals surface area contributed by atoms with Crippen LogP contribution in [0.5, 0.6) is 0 Å². The Kier molecular flexibility index (Phi) is 6.39. The van der Waals surface area contributed by atoms with Gasteiger partial charge in [0.15, 0.2) is 6.10 Å². The summed E-state index contributed by atoms with van der Waals surface area (Å²) >= 11 is 0. The van der Waals surface area contributed by atoms with Crippen LogP contribution in [0.1, 0.15) is 32.4 Å². The Labute approximate surface area is 123 Å². The summed E-state index contributed by atoms with van der Waals surface area (Å²) in [4.78, 5) is 33.6. The molecule has 21 heavy (non-hydrogen) atoms. The molecule has 1 aromatic carbocycles. The van der Waals surface area contributed by atoms with E-state index in [-0.39, 0.29) is 12.5 Å². The average Bonchev–Trinajstić information content (AvgIpc) is 2.41. The summed E-state index contributed by atoms with van der Waals surface area (Å²) in [5, 5.41) is 2.65. The molecule has 0 unspecified atom stereocenters. The molecule has 0 aliphatic carbocycles. The van der Waals surface area contributed by atoms with Crippen molar-refractivity contribution in [1.29, 1.82) is 0 Å². The molecule has 0 heterocycles. The summed E-state index contributed by atoms with van der Waals surface area (Å²) in [5.74, 6) is -1.26. The summed E-state index contributed by atoms with van der Waals surface area (Å²) in [6, 6.07) is 8.31. The molecule has 0 saturated carbocycles. The van der Waals surface area contributed by atoms with Gasteiger partial charge in [-0.15, -0.1) is 0 Å². The van der Waals surface area contributed by atoms with E-state index in [0.717, 1.165) is 0 Å². The molecular formula is C15H19NO5. The number of carbonyl (C=O) groups is 3. The molecule has 114 valence electrons. The fourth-order valence-electron chi connectivity index (χ4n) is 1.88. The molecule has 2 atom stereocenters. The van der Waals surface area contributed by atoms with Crippen molar-refractivity contribution in [3.05, 3.63) is 35.9 Å². The first kappa shape index (κ1) is 16.7. The van der Waals surface area contributed by atoms with Gasteiger partial charge in [-0.05, 0) is 5.56 Å². The normalized spacial score (nSPS) is 12.9. The van der Waals surface area contributed by atoms with Crippen LogP contribution in [-0.4, -0.2) is 30.5 Å². The Bertz CT molecular complexity index is 500. The lowest BCUT2D eigenvalue weighted by molar-refractivity contribution is -0.152. The van der Waals surface area contributed by atoms with Gasteiger partial charge in [-0.2, -0.15) is 0 Å². The molecule has 0 bridgehead atoms. The van der Waals surface area contributed by atoms with E-state index < -0.39 is 24.1 Å². The molecule has 6 nitrogen and oxygen atoms in total. The van der Waals surface area contributed by atoms with E-state index in [2.05, 4.69) is 5.32 Å². The lowest BCUT2D eigenvalue weighted by Gasteiger charge is -2.27. The topological polar surface area (TPSA) is 81.7 Å². The maximum atomic E-state index is 11.3. The molecule has 1 aromatic rings. The fourth-order valence-corrected chi connectivity index (χ4v) is 1.88. The van der Waals surface area contributed by atoms with Gasteiger partial charge in [-0.25, -0.2) is 0 Å². The molecule has 0 spiro atoms. The largest absolute Gasteiger partial charge is 0.464 e. The third-order valence-corrected chi connectivity index (χ3v) is 2.64. The van der Waals surface area contributed by atoms with Gasteiger partial charge in [0, 0.05) is 20.8 Å². The number of rotatable bonds is 6.